The van der Waals surface area contributed by atoms with Crippen molar-refractivity contribution in [3.8, 4) is 0 Å². The highest BCUT2D eigenvalue weighted by Crippen LogP contribution is 2.23. The number of carbonyl (C=O) groups excluding carboxylic acids is 2. The molecule has 2 saturated heterocycles. The smallest absolute Gasteiger partial charge is 0.282 e. The molecular formula is C26H28ClN5O3S. The summed E-state index contributed by atoms with van der Waals surface area (Å²) < 4.78 is 5.78. The van der Waals surface area contributed by atoms with E-state index in [1.165, 1.54) is 16.9 Å². The van der Waals surface area contributed by atoms with Gasteiger partial charge in [0, 0.05) is 43.2 Å². The van der Waals surface area contributed by atoms with Crippen LogP contribution in [-0.2, 0) is 28.8 Å². The molecule has 0 spiro atoms. The molecule has 188 valence electrons. The van der Waals surface area contributed by atoms with E-state index in [-0.39, 0.29) is 30.4 Å². The fraction of sp³-hybridized carbons (Fsp3) is 0.385. The summed E-state index contributed by atoms with van der Waals surface area (Å²) >= 11 is 7.22. The molecular weight excluding hydrogens is 498 g/mol. The summed E-state index contributed by atoms with van der Waals surface area (Å²) in [5, 5.41) is 16.3. The minimum atomic E-state index is -0.290. The van der Waals surface area contributed by atoms with Crippen molar-refractivity contribution in [2.75, 3.05) is 31.1 Å². The second kappa shape index (κ2) is 11.5. The summed E-state index contributed by atoms with van der Waals surface area (Å²) in [6.45, 7) is 2.92. The maximum Gasteiger partial charge on any atom is 0.282 e. The molecule has 2 aliphatic rings. The standard InChI is InChI=1S/C26H28ClN5O3S/c27-19-6-1-17(2-7-19)5-10-23-30-31-26(36-23)25(34)29-20-14-24(33)32(16-20)21-8-3-18(4-9-21)13-22-15-28-11-12-35-22/h1-4,6-9,20,22,28H,5,10-16H2,(H,29,34). The number of hydrogen-bond donors (Lipinski definition) is 2. The van der Waals surface area contributed by atoms with Gasteiger partial charge in [0.15, 0.2) is 0 Å². The maximum atomic E-state index is 12.7. The molecule has 0 saturated carbocycles. The van der Waals surface area contributed by atoms with Gasteiger partial charge in [0.25, 0.3) is 5.91 Å². The molecule has 10 heteroatoms. The lowest BCUT2D eigenvalue weighted by atomic mass is 10.1. The molecule has 2 aliphatic heterocycles. The van der Waals surface area contributed by atoms with Crippen LogP contribution < -0.4 is 15.5 Å². The van der Waals surface area contributed by atoms with E-state index in [4.69, 9.17) is 16.3 Å². The summed E-state index contributed by atoms with van der Waals surface area (Å²) in [5.41, 5.74) is 3.16. The van der Waals surface area contributed by atoms with Crippen molar-refractivity contribution in [1.82, 2.24) is 20.8 Å². The number of hydrogen-bond acceptors (Lipinski definition) is 7. The SMILES string of the molecule is O=C(NC1CC(=O)N(c2ccc(CC3CNCCO3)cc2)C1)c1nnc(CCc2ccc(Cl)cc2)s1. The number of nitrogens with zero attached hydrogens (tertiary/aromatic N) is 3. The Balaban J connectivity index is 1.12. The highest BCUT2D eigenvalue weighted by Gasteiger charge is 2.32. The molecule has 2 aromatic carbocycles. The highest BCUT2D eigenvalue weighted by molar-refractivity contribution is 7.13. The van der Waals surface area contributed by atoms with Gasteiger partial charge in [-0.05, 0) is 48.2 Å². The third-order valence-electron chi connectivity index (χ3n) is 6.38. The molecule has 2 amide bonds. The number of ether oxygens (including phenoxy) is 1. The van der Waals surface area contributed by atoms with E-state index >= 15 is 0 Å². The Morgan fingerprint density at radius 3 is 2.64 bits per heavy atom. The van der Waals surface area contributed by atoms with Gasteiger partial charge in [0.1, 0.15) is 5.01 Å². The summed E-state index contributed by atoms with van der Waals surface area (Å²) in [4.78, 5) is 27.1. The second-order valence-corrected chi connectivity index (χ2v) is 10.6. The number of aromatic nitrogens is 2. The Labute approximate surface area is 219 Å². The van der Waals surface area contributed by atoms with E-state index in [2.05, 4.69) is 20.8 Å². The zero-order valence-corrected chi connectivity index (χ0v) is 21.4. The van der Waals surface area contributed by atoms with Crippen LogP contribution in [-0.4, -0.2) is 60.4 Å². The fourth-order valence-electron chi connectivity index (χ4n) is 4.48. The average Bonchev–Trinajstić information content (AvgIpc) is 3.51. The number of carbonyl (C=O) groups is 2. The van der Waals surface area contributed by atoms with Crippen molar-refractivity contribution in [1.29, 1.82) is 0 Å². The van der Waals surface area contributed by atoms with Crippen LogP contribution in [0.2, 0.25) is 5.02 Å². The number of aryl methyl sites for hydroxylation is 2. The predicted octanol–water partition coefficient (Wildman–Crippen LogP) is 3.04. The lowest BCUT2D eigenvalue weighted by Gasteiger charge is -2.24. The second-order valence-electron chi connectivity index (χ2n) is 9.07. The van der Waals surface area contributed by atoms with Crippen molar-refractivity contribution < 1.29 is 14.3 Å². The number of anilines is 1. The molecule has 2 unspecified atom stereocenters. The average molecular weight is 526 g/mol. The van der Waals surface area contributed by atoms with Gasteiger partial charge >= 0.3 is 0 Å². The van der Waals surface area contributed by atoms with Gasteiger partial charge in [-0.2, -0.15) is 0 Å². The summed E-state index contributed by atoms with van der Waals surface area (Å²) in [6, 6.07) is 15.4. The maximum absolute atomic E-state index is 12.7. The highest BCUT2D eigenvalue weighted by atomic mass is 35.5. The molecule has 2 N–H and O–H groups in total. The van der Waals surface area contributed by atoms with Crippen molar-refractivity contribution in [2.24, 2.45) is 0 Å². The van der Waals surface area contributed by atoms with Crippen molar-refractivity contribution in [3.05, 3.63) is 74.7 Å². The first-order valence-electron chi connectivity index (χ1n) is 12.1. The van der Waals surface area contributed by atoms with Crippen LogP contribution in [0.15, 0.2) is 48.5 Å². The number of rotatable bonds is 8. The third-order valence-corrected chi connectivity index (χ3v) is 7.61. The van der Waals surface area contributed by atoms with E-state index in [1.807, 2.05) is 48.5 Å². The monoisotopic (exact) mass is 525 g/mol. The molecule has 2 atom stereocenters. The Morgan fingerprint density at radius 2 is 1.89 bits per heavy atom. The lowest BCUT2D eigenvalue weighted by Crippen LogP contribution is -2.39. The minimum Gasteiger partial charge on any atom is -0.375 e. The first-order chi connectivity index (χ1) is 17.5. The van der Waals surface area contributed by atoms with Crippen molar-refractivity contribution in [3.63, 3.8) is 0 Å². The minimum absolute atomic E-state index is 0.00576. The Morgan fingerprint density at radius 1 is 1.11 bits per heavy atom. The predicted molar refractivity (Wildman–Crippen MR) is 140 cm³/mol. The van der Waals surface area contributed by atoms with Gasteiger partial charge in [0.2, 0.25) is 10.9 Å². The summed E-state index contributed by atoms with van der Waals surface area (Å²) in [6.07, 6.45) is 2.77. The third kappa shape index (κ3) is 6.28. The molecule has 0 bridgehead atoms. The first kappa shape index (κ1) is 24.8. The largest absolute Gasteiger partial charge is 0.375 e. The van der Waals surface area contributed by atoms with Crippen molar-refractivity contribution >= 4 is 40.4 Å². The topological polar surface area (TPSA) is 96.5 Å². The molecule has 3 aromatic rings. The fourth-order valence-corrected chi connectivity index (χ4v) is 5.34. The van der Waals surface area contributed by atoms with Crippen LogP contribution >= 0.6 is 22.9 Å². The van der Waals surface area contributed by atoms with Gasteiger partial charge in [0.05, 0.1) is 18.8 Å². The summed E-state index contributed by atoms with van der Waals surface area (Å²) in [5.74, 6) is -0.296. The Kier molecular flexibility index (Phi) is 7.91. The van der Waals surface area contributed by atoms with Crippen LogP contribution in [0.4, 0.5) is 5.69 Å². The van der Waals surface area contributed by atoms with Crippen molar-refractivity contribution in [2.45, 2.75) is 37.8 Å². The molecule has 1 aromatic heterocycles. The normalized spacial score (nSPS) is 20.0. The molecule has 5 rings (SSSR count). The van der Waals surface area contributed by atoms with Gasteiger partial charge in [-0.1, -0.05) is 47.2 Å². The van der Waals surface area contributed by atoms with Crippen LogP contribution in [0.25, 0.3) is 0 Å². The van der Waals surface area contributed by atoms with Crippen LogP contribution in [0.3, 0.4) is 0 Å². The van der Waals surface area contributed by atoms with Crippen LogP contribution in [0, 0.1) is 0 Å². The zero-order valence-electron chi connectivity index (χ0n) is 19.8. The number of morpholine rings is 1. The molecule has 8 nitrogen and oxygen atoms in total. The summed E-state index contributed by atoms with van der Waals surface area (Å²) in [7, 11) is 0. The van der Waals surface area contributed by atoms with E-state index in [0.717, 1.165) is 48.8 Å². The van der Waals surface area contributed by atoms with Gasteiger partial charge in [-0.15, -0.1) is 10.2 Å². The molecule has 36 heavy (non-hydrogen) atoms. The Bertz CT molecular complexity index is 1200. The number of halogens is 1. The Hall–Kier alpha value is -2.85. The first-order valence-corrected chi connectivity index (χ1v) is 13.3. The number of benzene rings is 2. The molecule has 2 fully saturated rings. The van der Waals surface area contributed by atoms with E-state index in [1.54, 1.807) is 4.90 Å². The quantitative estimate of drug-likeness (QED) is 0.469. The number of amides is 2. The number of nitrogens with one attached hydrogen (secondary N) is 2. The van der Waals surface area contributed by atoms with E-state index in [0.29, 0.717) is 23.0 Å². The van der Waals surface area contributed by atoms with Gasteiger partial charge in [-0.3, -0.25) is 9.59 Å². The lowest BCUT2D eigenvalue weighted by molar-refractivity contribution is -0.117. The molecule has 3 heterocycles. The van der Waals surface area contributed by atoms with Crippen LogP contribution in [0.5, 0.6) is 0 Å². The van der Waals surface area contributed by atoms with Crippen LogP contribution in [0.1, 0.15) is 32.4 Å². The zero-order chi connectivity index (χ0) is 24.9. The van der Waals surface area contributed by atoms with E-state index in [9.17, 15) is 9.59 Å². The van der Waals surface area contributed by atoms with Gasteiger partial charge in [-0.25, -0.2) is 0 Å². The molecule has 0 radical (unpaired) electrons. The van der Waals surface area contributed by atoms with Gasteiger partial charge < -0.3 is 20.3 Å². The molecule has 0 aliphatic carbocycles. The van der Waals surface area contributed by atoms with E-state index < -0.39 is 0 Å².